The number of nitrogens with zero attached hydrogens (tertiary/aromatic N) is 1. The van der Waals surface area contributed by atoms with Gasteiger partial charge < -0.3 is 25.2 Å². The third-order valence-corrected chi connectivity index (χ3v) is 12.1. The number of carboxylic acids is 1. The second-order valence-corrected chi connectivity index (χ2v) is 17.5. The highest BCUT2D eigenvalue weighted by molar-refractivity contribution is 5.85. The molecule has 5 rings (SSSR count). The standard InChI is InChI=1S/C40H59N3O6/c1-36(2,3)48-34(46)42-23-10-9-19-40(33(44)45,43-35(47)49-37(4,5)6)28-17-20-38(7)27(24-28)13-14-29-31-16-15-30(26-12-11-22-41-25-26)39(31,8)21-18-32(29)38/h11-13,15,22,25,28-29,31-32H,9-10,14,16-21,23-24H2,1-8H3,(H,42,46)(H,43,47)(H,44,45)/t28-,29-,31-,32-,38-,39+,40-/m0/s1. The van der Waals surface area contributed by atoms with Gasteiger partial charge in [-0.1, -0.05) is 37.6 Å². The van der Waals surface area contributed by atoms with Crippen LogP contribution in [0, 0.1) is 34.5 Å². The van der Waals surface area contributed by atoms with E-state index in [2.05, 4.69) is 47.7 Å². The molecule has 0 unspecified atom stereocenters. The fourth-order valence-corrected chi connectivity index (χ4v) is 9.84. The summed E-state index contributed by atoms with van der Waals surface area (Å²) in [5, 5.41) is 16.6. The Morgan fingerprint density at radius 1 is 0.918 bits per heavy atom. The maximum Gasteiger partial charge on any atom is 0.408 e. The van der Waals surface area contributed by atoms with Gasteiger partial charge in [0, 0.05) is 18.9 Å². The summed E-state index contributed by atoms with van der Waals surface area (Å²) in [6, 6.07) is 4.22. The second-order valence-electron chi connectivity index (χ2n) is 17.5. The van der Waals surface area contributed by atoms with E-state index in [0.29, 0.717) is 50.0 Å². The van der Waals surface area contributed by atoms with Crippen LogP contribution in [0.4, 0.5) is 9.59 Å². The number of nitrogens with one attached hydrogen (secondary N) is 2. The van der Waals surface area contributed by atoms with E-state index in [1.165, 1.54) is 16.7 Å². The van der Waals surface area contributed by atoms with E-state index in [1.807, 2.05) is 39.2 Å². The van der Waals surface area contributed by atoms with Crippen LogP contribution in [0.1, 0.15) is 125 Å². The van der Waals surface area contributed by atoms with Crippen molar-refractivity contribution >= 4 is 23.7 Å². The molecule has 4 aliphatic rings. The minimum Gasteiger partial charge on any atom is -0.479 e. The first-order valence-electron chi connectivity index (χ1n) is 18.4. The van der Waals surface area contributed by atoms with Crippen LogP contribution in [-0.4, -0.2) is 51.5 Å². The molecule has 0 spiro atoms. The first-order valence-corrected chi connectivity index (χ1v) is 18.4. The van der Waals surface area contributed by atoms with Crippen molar-refractivity contribution in [3.63, 3.8) is 0 Å². The molecular formula is C40H59N3O6. The van der Waals surface area contributed by atoms with Gasteiger partial charge in [0.2, 0.25) is 0 Å². The summed E-state index contributed by atoms with van der Waals surface area (Å²) in [5.74, 6) is 0.386. The van der Waals surface area contributed by atoms with E-state index in [-0.39, 0.29) is 23.2 Å². The Morgan fingerprint density at radius 2 is 1.61 bits per heavy atom. The number of fused-ring (bicyclic) bond motifs is 5. The van der Waals surface area contributed by atoms with Crippen molar-refractivity contribution < 1.29 is 29.0 Å². The van der Waals surface area contributed by atoms with Crippen molar-refractivity contribution in [3.05, 3.63) is 47.8 Å². The largest absolute Gasteiger partial charge is 0.479 e. The highest BCUT2D eigenvalue weighted by Crippen LogP contribution is 2.67. The monoisotopic (exact) mass is 677 g/mol. The van der Waals surface area contributed by atoms with Crippen LogP contribution in [0.25, 0.3) is 5.57 Å². The highest BCUT2D eigenvalue weighted by Gasteiger charge is 2.59. The lowest BCUT2D eigenvalue weighted by Crippen LogP contribution is -2.62. The Labute approximate surface area is 293 Å². The number of amides is 2. The third kappa shape index (κ3) is 7.70. The maximum absolute atomic E-state index is 13.3. The maximum atomic E-state index is 13.3. The van der Waals surface area contributed by atoms with Gasteiger partial charge in [-0.3, -0.25) is 4.98 Å². The smallest absolute Gasteiger partial charge is 0.408 e. The molecule has 2 saturated carbocycles. The number of unbranched alkanes of at least 4 members (excludes halogenated alkanes) is 1. The number of hydrogen-bond donors (Lipinski definition) is 3. The SMILES string of the molecule is CC(C)(C)OC(=O)NCCCC[C@@](NC(=O)OC(C)(C)C)(C(=O)O)[C@H]1CC[C@@]2(C)C(=CC[C@@H]3[C@@H]2CC[C@]2(C)C(c4cccnc4)=CC[C@@H]32)C1. The first kappa shape index (κ1) is 36.9. The lowest BCUT2D eigenvalue weighted by atomic mass is 9.46. The molecule has 3 N–H and O–H groups in total. The van der Waals surface area contributed by atoms with Crippen molar-refractivity contribution in [3.8, 4) is 0 Å². The first-order chi connectivity index (χ1) is 22.9. The highest BCUT2D eigenvalue weighted by atomic mass is 16.6. The zero-order valence-electron chi connectivity index (χ0n) is 31.0. The number of ether oxygens (including phenoxy) is 2. The Hall–Kier alpha value is -3.36. The normalized spacial score (nSPS) is 30.7. The van der Waals surface area contributed by atoms with Gasteiger partial charge in [0.05, 0.1) is 0 Å². The lowest BCUT2D eigenvalue weighted by molar-refractivity contribution is -0.149. The van der Waals surface area contributed by atoms with Crippen LogP contribution in [0.3, 0.4) is 0 Å². The van der Waals surface area contributed by atoms with E-state index < -0.39 is 34.9 Å². The fourth-order valence-electron chi connectivity index (χ4n) is 9.84. The second kappa shape index (κ2) is 13.7. The quantitative estimate of drug-likeness (QED) is 0.176. The van der Waals surface area contributed by atoms with E-state index in [1.54, 1.807) is 20.8 Å². The summed E-state index contributed by atoms with van der Waals surface area (Å²) in [4.78, 5) is 43.2. The summed E-state index contributed by atoms with van der Waals surface area (Å²) in [7, 11) is 0. The number of carboxylic acid groups (broad SMARTS) is 1. The van der Waals surface area contributed by atoms with Gasteiger partial charge >= 0.3 is 18.2 Å². The molecule has 0 aliphatic heterocycles. The minimum atomic E-state index is -1.49. The van der Waals surface area contributed by atoms with Crippen molar-refractivity contribution in [1.29, 1.82) is 0 Å². The average molecular weight is 678 g/mol. The third-order valence-electron chi connectivity index (χ3n) is 12.1. The molecule has 0 radical (unpaired) electrons. The summed E-state index contributed by atoms with van der Waals surface area (Å²) >= 11 is 0. The topological polar surface area (TPSA) is 127 Å². The van der Waals surface area contributed by atoms with Crippen molar-refractivity contribution in [2.24, 2.45) is 34.5 Å². The van der Waals surface area contributed by atoms with Crippen molar-refractivity contribution in [2.75, 3.05) is 6.54 Å². The van der Waals surface area contributed by atoms with Crippen LogP contribution in [0.2, 0.25) is 0 Å². The van der Waals surface area contributed by atoms with Gasteiger partial charge in [-0.25, -0.2) is 14.4 Å². The van der Waals surface area contributed by atoms with Crippen LogP contribution in [0.15, 0.2) is 42.3 Å². The molecule has 9 heteroatoms. The molecule has 9 nitrogen and oxygen atoms in total. The van der Waals surface area contributed by atoms with E-state index in [4.69, 9.17) is 9.47 Å². The van der Waals surface area contributed by atoms with Crippen LogP contribution in [0.5, 0.6) is 0 Å². The number of alkyl carbamates (subject to hydrolysis) is 2. The number of aromatic nitrogens is 1. The Morgan fingerprint density at radius 3 is 2.27 bits per heavy atom. The van der Waals surface area contributed by atoms with Gasteiger partial charge in [-0.2, -0.15) is 0 Å². The number of rotatable bonds is 9. The van der Waals surface area contributed by atoms with E-state index in [0.717, 1.165) is 32.1 Å². The molecule has 1 heterocycles. The Bertz CT molecular complexity index is 1460. The van der Waals surface area contributed by atoms with E-state index >= 15 is 0 Å². The number of carbonyl (C=O) groups is 3. The molecule has 2 amide bonds. The van der Waals surface area contributed by atoms with Crippen molar-refractivity contribution in [2.45, 2.75) is 136 Å². The molecule has 2 fully saturated rings. The molecule has 7 atom stereocenters. The van der Waals surface area contributed by atoms with E-state index in [9.17, 15) is 19.5 Å². The minimum absolute atomic E-state index is 0.00526. The number of allylic oxidation sites excluding steroid dienone is 4. The number of carbonyl (C=O) groups excluding carboxylic acids is 2. The molecule has 49 heavy (non-hydrogen) atoms. The summed E-state index contributed by atoms with van der Waals surface area (Å²) < 4.78 is 11.0. The fraction of sp³-hybridized carbons (Fsp3) is 0.700. The molecular weight excluding hydrogens is 618 g/mol. The zero-order chi connectivity index (χ0) is 35.8. The van der Waals surface area contributed by atoms with Crippen molar-refractivity contribution in [1.82, 2.24) is 15.6 Å². The van der Waals surface area contributed by atoms with Gasteiger partial charge in [-0.05, 0) is 157 Å². The van der Waals surface area contributed by atoms with Gasteiger partial charge in [0.1, 0.15) is 16.7 Å². The molecule has 4 aliphatic carbocycles. The molecule has 1 aromatic heterocycles. The Balaban J connectivity index is 1.33. The number of aliphatic carboxylic acids is 1. The summed E-state index contributed by atoms with van der Waals surface area (Å²) in [6.45, 7) is 16.0. The predicted octanol–water partition coefficient (Wildman–Crippen LogP) is 8.70. The Kier molecular flexibility index (Phi) is 10.4. The van der Waals surface area contributed by atoms with Gasteiger partial charge in [0.25, 0.3) is 0 Å². The van der Waals surface area contributed by atoms with Crippen LogP contribution < -0.4 is 10.6 Å². The van der Waals surface area contributed by atoms with Gasteiger partial charge in [0.15, 0.2) is 0 Å². The molecule has 1 aromatic rings. The molecule has 0 saturated heterocycles. The lowest BCUT2D eigenvalue weighted by Gasteiger charge is -2.58. The zero-order valence-corrected chi connectivity index (χ0v) is 31.0. The number of pyridine rings is 1. The molecule has 0 aromatic carbocycles. The predicted molar refractivity (Wildman–Crippen MR) is 191 cm³/mol. The molecule has 270 valence electrons. The summed E-state index contributed by atoms with van der Waals surface area (Å²) in [5.41, 5.74) is 1.34. The molecule has 0 bridgehead atoms. The van der Waals surface area contributed by atoms with Crippen LogP contribution >= 0.6 is 0 Å². The van der Waals surface area contributed by atoms with Crippen LogP contribution in [-0.2, 0) is 14.3 Å². The average Bonchev–Trinajstić information content (AvgIpc) is 3.35. The number of hydrogen-bond acceptors (Lipinski definition) is 6. The van der Waals surface area contributed by atoms with Gasteiger partial charge in [-0.15, -0.1) is 0 Å². The summed E-state index contributed by atoms with van der Waals surface area (Å²) in [6.07, 6.45) is 15.5.